The molecular formula is C37H42N6O5S. The summed E-state index contributed by atoms with van der Waals surface area (Å²) in [7, 11) is -4.19. The summed E-state index contributed by atoms with van der Waals surface area (Å²) in [6.07, 6.45) is 3.17. The van der Waals surface area contributed by atoms with Crippen LogP contribution in [0.4, 0.5) is 5.95 Å². The first-order chi connectivity index (χ1) is 23.3. The molecule has 4 bridgehead atoms. The number of aromatic nitrogens is 4. The molecule has 0 fully saturated rings. The fraction of sp³-hybridized carbons (Fsp3) is 0.378. The number of hydrogen-bond acceptors (Lipinski definition) is 9. The van der Waals surface area contributed by atoms with Crippen molar-refractivity contribution in [1.82, 2.24) is 24.8 Å². The van der Waals surface area contributed by atoms with Gasteiger partial charge in [0.15, 0.2) is 0 Å². The van der Waals surface area contributed by atoms with Gasteiger partial charge in [0.25, 0.3) is 15.9 Å². The zero-order chi connectivity index (χ0) is 35.1. The van der Waals surface area contributed by atoms with E-state index in [-0.39, 0.29) is 52.7 Å². The van der Waals surface area contributed by atoms with E-state index in [0.29, 0.717) is 22.6 Å². The molecule has 0 aliphatic carbocycles. The first-order valence-corrected chi connectivity index (χ1v) is 18.0. The Morgan fingerprint density at radius 1 is 0.980 bits per heavy atom. The lowest BCUT2D eigenvalue weighted by Crippen LogP contribution is -2.47. The number of carbonyl (C=O) groups excluding carboxylic acids is 1. The number of rotatable bonds is 6. The van der Waals surface area contributed by atoms with Gasteiger partial charge in [-0.15, -0.1) is 0 Å². The highest BCUT2D eigenvalue weighted by molar-refractivity contribution is 7.92. The van der Waals surface area contributed by atoms with E-state index in [1.807, 2.05) is 38.1 Å². The molecule has 1 N–H and O–H groups in total. The first-order valence-electron chi connectivity index (χ1n) is 16.6. The number of hydrogen-bond donors (Lipinski definition) is 1. The normalized spacial score (nSPS) is 16.4. The third kappa shape index (κ3) is 7.01. The largest absolute Gasteiger partial charge is 0.475 e. The van der Waals surface area contributed by atoms with Crippen LogP contribution < -0.4 is 9.46 Å². The number of furan rings is 1. The lowest BCUT2D eigenvalue weighted by molar-refractivity contribution is 0.0455. The van der Waals surface area contributed by atoms with E-state index in [2.05, 4.69) is 54.3 Å². The Bertz CT molecular complexity index is 2110. The number of amides is 1. The van der Waals surface area contributed by atoms with Gasteiger partial charge in [-0.25, -0.2) is 28.1 Å². The van der Waals surface area contributed by atoms with Crippen LogP contribution in [0.3, 0.4) is 0 Å². The summed E-state index contributed by atoms with van der Waals surface area (Å²) in [4.78, 5) is 34.7. The van der Waals surface area contributed by atoms with Crippen LogP contribution in [-0.2, 0) is 22.0 Å². The Hall–Kier alpha value is -4.84. The topological polar surface area (TPSA) is 140 Å². The van der Waals surface area contributed by atoms with Crippen LogP contribution in [0.25, 0.3) is 22.5 Å². The quantitative estimate of drug-likeness (QED) is 0.196. The average molecular weight is 683 g/mol. The Labute approximate surface area is 287 Å². The molecule has 5 aromatic rings. The highest BCUT2D eigenvalue weighted by atomic mass is 32.2. The summed E-state index contributed by atoms with van der Waals surface area (Å²) in [6, 6.07) is 15.1. The third-order valence-corrected chi connectivity index (χ3v) is 10.4. The highest BCUT2D eigenvalue weighted by Crippen LogP contribution is 2.32. The molecule has 6 rings (SSSR count). The molecule has 1 amide bonds. The van der Waals surface area contributed by atoms with Crippen molar-refractivity contribution in [2.75, 3.05) is 11.3 Å². The van der Waals surface area contributed by atoms with Gasteiger partial charge in [0.1, 0.15) is 17.9 Å². The van der Waals surface area contributed by atoms with Crippen LogP contribution in [-0.4, -0.2) is 51.8 Å². The number of nitrogens with zero attached hydrogens (tertiary/aromatic N) is 5. The van der Waals surface area contributed by atoms with Crippen molar-refractivity contribution in [3.8, 4) is 17.1 Å². The minimum atomic E-state index is -4.19. The number of fused-ring (bicyclic) bond motifs is 5. The SMILES string of the molecule is CCC(CC)[C@@H]1COc2cc(-c3c(C)cccc3C)nc(n2)NS(=O)(=O)c2cccc(c2)C(=O)N1Cc1cnc2oc(C(C)(C)C)cc2n1. The first kappa shape index (κ1) is 34.0. The van der Waals surface area contributed by atoms with Gasteiger partial charge in [-0.1, -0.05) is 71.7 Å². The molecule has 0 saturated heterocycles. The number of aryl methyl sites for hydroxylation is 2. The number of anilines is 1. The zero-order valence-electron chi connectivity index (χ0n) is 28.9. The van der Waals surface area contributed by atoms with Crippen LogP contribution in [0, 0.1) is 19.8 Å². The molecule has 11 nitrogen and oxygen atoms in total. The van der Waals surface area contributed by atoms with Crippen molar-refractivity contribution >= 4 is 33.1 Å². The molecule has 4 heterocycles. The maximum Gasteiger partial charge on any atom is 0.264 e. The number of nitrogens with one attached hydrogen (secondary N) is 1. The van der Waals surface area contributed by atoms with Crippen molar-refractivity contribution in [3.05, 3.63) is 88.9 Å². The molecule has 0 radical (unpaired) electrons. The van der Waals surface area contributed by atoms with Gasteiger partial charge >= 0.3 is 0 Å². The van der Waals surface area contributed by atoms with Crippen LogP contribution >= 0.6 is 0 Å². The van der Waals surface area contributed by atoms with Gasteiger partial charge in [0.2, 0.25) is 17.5 Å². The van der Waals surface area contributed by atoms with E-state index in [1.165, 1.54) is 12.1 Å². The van der Waals surface area contributed by atoms with Gasteiger partial charge in [-0.2, -0.15) is 4.98 Å². The van der Waals surface area contributed by atoms with Gasteiger partial charge in [0, 0.05) is 28.7 Å². The predicted molar refractivity (Wildman–Crippen MR) is 188 cm³/mol. The fourth-order valence-electron chi connectivity index (χ4n) is 6.34. The molecule has 1 aliphatic heterocycles. The summed E-state index contributed by atoms with van der Waals surface area (Å²) in [6.45, 7) is 14.5. The van der Waals surface area contributed by atoms with E-state index in [4.69, 9.17) is 14.1 Å². The Balaban J connectivity index is 1.49. The molecule has 0 saturated carbocycles. The lowest BCUT2D eigenvalue weighted by atomic mass is 9.92. The molecule has 49 heavy (non-hydrogen) atoms. The van der Waals surface area contributed by atoms with E-state index in [9.17, 15) is 13.2 Å². The third-order valence-electron chi connectivity index (χ3n) is 9.07. The fourth-order valence-corrected chi connectivity index (χ4v) is 7.33. The number of benzene rings is 2. The summed E-state index contributed by atoms with van der Waals surface area (Å²) in [5.41, 5.74) is 4.90. The Morgan fingerprint density at radius 2 is 1.69 bits per heavy atom. The second-order valence-corrected chi connectivity index (χ2v) is 15.3. The van der Waals surface area contributed by atoms with Crippen molar-refractivity contribution in [2.24, 2.45) is 5.92 Å². The molecular weight excluding hydrogens is 641 g/mol. The van der Waals surface area contributed by atoms with E-state index in [0.717, 1.165) is 35.3 Å². The van der Waals surface area contributed by atoms with Gasteiger partial charge in [-0.3, -0.25) is 4.79 Å². The van der Waals surface area contributed by atoms with Crippen molar-refractivity contribution in [2.45, 2.75) is 84.2 Å². The molecule has 256 valence electrons. The minimum Gasteiger partial charge on any atom is -0.475 e. The minimum absolute atomic E-state index is 0.0385. The highest BCUT2D eigenvalue weighted by Gasteiger charge is 2.33. The molecule has 0 unspecified atom stereocenters. The van der Waals surface area contributed by atoms with Crippen molar-refractivity contribution < 1.29 is 22.4 Å². The standard InChI is InChI=1S/C37H42N6O5S/c1-8-24(9-2)30-21-47-32-18-28(33-22(3)12-10-13-23(33)4)40-36(41-32)42-49(45,46)27-15-11-14-25(16-27)35(44)43(30)20-26-19-38-34-29(39-26)17-31(48-34)37(5,6)7/h10-19,24,30H,8-9,20-21H2,1-7H3,(H,40,41,42)/t30-/m0/s1. The predicted octanol–water partition coefficient (Wildman–Crippen LogP) is 7.23. The Morgan fingerprint density at radius 3 is 2.39 bits per heavy atom. The maximum absolute atomic E-state index is 14.5. The Kier molecular flexibility index (Phi) is 9.19. The number of carbonyl (C=O) groups is 1. The van der Waals surface area contributed by atoms with E-state index < -0.39 is 16.1 Å². The van der Waals surface area contributed by atoms with E-state index in [1.54, 1.807) is 29.3 Å². The summed E-state index contributed by atoms with van der Waals surface area (Å²) >= 11 is 0. The summed E-state index contributed by atoms with van der Waals surface area (Å²) in [5.74, 6) is 0.513. The summed E-state index contributed by atoms with van der Waals surface area (Å²) in [5, 5.41) is 0. The second-order valence-electron chi connectivity index (χ2n) is 13.6. The van der Waals surface area contributed by atoms with Crippen LogP contribution in [0.5, 0.6) is 5.88 Å². The van der Waals surface area contributed by atoms with Gasteiger partial charge in [0.05, 0.1) is 35.1 Å². The van der Waals surface area contributed by atoms with E-state index >= 15 is 0 Å². The van der Waals surface area contributed by atoms with Crippen LogP contribution in [0.15, 0.2) is 70.1 Å². The summed E-state index contributed by atoms with van der Waals surface area (Å²) < 4.78 is 42.3. The number of sulfonamides is 1. The molecule has 3 aromatic heterocycles. The van der Waals surface area contributed by atoms with Gasteiger partial charge < -0.3 is 14.1 Å². The smallest absolute Gasteiger partial charge is 0.264 e. The maximum atomic E-state index is 14.5. The van der Waals surface area contributed by atoms with Gasteiger partial charge in [-0.05, 0) is 49.1 Å². The van der Waals surface area contributed by atoms with Crippen molar-refractivity contribution in [3.63, 3.8) is 0 Å². The second kappa shape index (κ2) is 13.2. The number of ether oxygens (including phenoxy) is 1. The molecule has 12 heteroatoms. The molecule has 2 aromatic carbocycles. The van der Waals surface area contributed by atoms with Crippen molar-refractivity contribution in [1.29, 1.82) is 0 Å². The zero-order valence-corrected chi connectivity index (χ0v) is 29.8. The molecule has 0 spiro atoms. The monoisotopic (exact) mass is 682 g/mol. The lowest BCUT2D eigenvalue weighted by Gasteiger charge is -2.36. The molecule has 1 aliphatic rings. The average Bonchev–Trinajstić information content (AvgIpc) is 3.49. The van der Waals surface area contributed by atoms with Crippen LogP contribution in [0.1, 0.15) is 80.4 Å². The molecule has 1 atom stereocenters. The van der Waals surface area contributed by atoms with Crippen LogP contribution in [0.2, 0.25) is 0 Å².